The largest absolute Gasteiger partial charge is 0.359 e. The highest BCUT2D eigenvalue weighted by molar-refractivity contribution is 9.10. The maximum Gasteiger partial charge on any atom is 0.329 e. The van der Waals surface area contributed by atoms with Crippen LogP contribution in [-0.4, -0.2) is 23.1 Å². The van der Waals surface area contributed by atoms with Crippen LogP contribution >= 0.6 is 27.5 Å². The van der Waals surface area contributed by atoms with Gasteiger partial charge in [-0.25, -0.2) is 4.79 Å². The molecule has 1 aliphatic carbocycles. The van der Waals surface area contributed by atoms with Crippen LogP contribution < -0.4 is 15.5 Å². The fraction of sp³-hybridized carbons (Fsp3) is 0.391. The van der Waals surface area contributed by atoms with Crippen molar-refractivity contribution in [1.29, 1.82) is 0 Å². The lowest BCUT2D eigenvalue weighted by Gasteiger charge is -2.44. The third kappa shape index (κ3) is 3.95. The number of urea groups is 1. The minimum absolute atomic E-state index is 0.0760. The SMILES string of the molecule is C[C@H]1[C@@H](NC(=O)[C@]2(O)c3cc(Br)ccc3NC(=O)N2c2ccc(Cl)cc2)CCC[C@@H]1C. The van der Waals surface area contributed by atoms with Crippen LogP contribution in [-0.2, 0) is 10.5 Å². The Hall–Kier alpha value is -2.09. The monoisotopic (exact) mass is 505 g/mol. The molecule has 3 amide bonds. The Morgan fingerprint density at radius 1 is 1.23 bits per heavy atom. The number of nitrogens with one attached hydrogen (secondary N) is 2. The highest BCUT2D eigenvalue weighted by Gasteiger charge is 2.52. The average molecular weight is 507 g/mol. The molecule has 2 aromatic carbocycles. The van der Waals surface area contributed by atoms with Gasteiger partial charge in [0.2, 0.25) is 0 Å². The smallest absolute Gasteiger partial charge is 0.329 e. The molecule has 2 aliphatic rings. The molecule has 2 aromatic rings. The van der Waals surface area contributed by atoms with Gasteiger partial charge in [-0.3, -0.25) is 9.69 Å². The number of aliphatic hydroxyl groups is 1. The summed E-state index contributed by atoms with van der Waals surface area (Å²) in [5, 5.41) is 18.3. The van der Waals surface area contributed by atoms with E-state index in [1.165, 1.54) is 0 Å². The van der Waals surface area contributed by atoms with Gasteiger partial charge in [0.25, 0.3) is 11.6 Å². The Morgan fingerprint density at radius 2 is 1.94 bits per heavy atom. The van der Waals surface area contributed by atoms with E-state index in [0.29, 0.717) is 32.4 Å². The minimum Gasteiger partial charge on any atom is -0.359 e. The minimum atomic E-state index is -2.23. The predicted molar refractivity (Wildman–Crippen MR) is 125 cm³/mol. The van der Waals surface area contributed by atoms with E-state index in [-0.39, 0.29) is 12.0 Å². The van der Waals surface area contributed by atoms with Crippen molar-refractivity contribution >= 4 is 50.8 Å². The lowest BCUT2D eigenvalue weighted by atomic mass is 9.78. The van der Waals surface area contributed by atoms with Crippen LogP contribution in [0.15, 0.2) is 46.9 Å². The van der Waals surface area contributed by atoms with Gasteiger partial charge in [0.1, 0.15) is 0 Å². The first-order valence-corrected chi connectivity index (χ1v) is 11.6. The van der Waals surface area contributed by atoms with E-state index in [9.17, 15) is 14.7 Å². The van der Waals surface area contributed by atoms with E-state index in [4.69, 9.17) is 11.6 Å². The van der Waals surface area contributed by atoms with E-state index in [0.717, 1.165) is 24.2 Å². The molecule has 31 heavy (non-hydrogen) atoms. The van der Waals surface area contributed by atoms with Gasteiger partial charge in [-0.2, -0.15) is 0 Å². The summed E-state index contributed by atoms with van der Waals surface area (Å²) >= 11 is 9.43. The van der Waals surface area contributed by atoms with Gasteiger partial charge in [-0.05, 0) is 60.7 Å². The van der Waals surface area contributed by atoms with Crippen LogP contribution in [0.5, 0.6) is 0 Å². The molecule has 0 saturated heterocycles. The average Bonchev–Trinajstić information content (AvgIpc) is 2.73. The molecule has 164 valence electrons. The number of halogens is 2. The maximum atomic E-state index is 13.7. The number of hydrogen-bond acceptors (Lipinski definition) is 3. The number of benzene rings is 2. The van der Waals surface area contributed by atoms with Crippen LogP contribution in [0.3, 0.4) is 0 Å². The van der Waals surface area contributed by atoms with Gasteiger partial charge < -0.3 is 15.7 Å². The molecule has 3 N–H and O–H groups in total. The van der Waals surface area contributed by atoms with Gasteiger partial charge in [-0.15, -0.1) is 0 Å². The molecule has 8 heteroatoms. The molecule has 0 radical (unpaired) electrons. The molecule has 1 saturated carbocycles. The van der Waals surface area contributed by atoms with Crippen molar-refractivity contribution in [3.05, 3.63) is 57.5 Å². The number of fused-ring (bicyclic) bond motifs is 1. The number of carbonyl (C=O) groups excluding carboxylic acids is 2. The number of rotatable bonds is 3. The molecule has 4 atom stereocenters. The van der Waals surface area contributed by atoms with Gasteiger partial charge in [0, 0.05) is 26.8 Å². The maximum absolute atomic E-state index is 13.7. The summed E-state index contributed by atoms with van der Waals surface area (Å²) in [6.07, 6.45) is 2.97. The summed E-state index contributed by atoms with van der Waals surface area (Å²) in [6, 6.07) is 10.8. The van der Waals surface area contributed by atoms with Crippen molar-refractivity contribution in [2.24, 2.45) is 11.8 Å². The van der Waals surface area contributed by atoms with Crippen LogP contribution in [0, 0.1) is 11.8 Å². The Kier molecular flexibility index (Phi) is 6.03. The fourth-order valence-electron chi connectivity index (χ4n) is 4.53. The number of anilines is 2. The predicted octanol–water partition coefficient (Wildman–Crippen LogP) is 5.24. The van der Waals surface area contributed by atoms with Gasteiger partial charge in [0.15, 0.2) is 0 Å². The van der Waals surface area contributed by atoms with Crippen molar-refractivity contribution in [1.82, 2.24) is 5.32 Å². The van der Waals surface area contributed by atoms with Crippen molar-refractivity contribution in [2.45, 2.75) is 44.9 Å². The first-order chi connectivity index (χ1) is 14.7. The molecule has 1 heterocycles. The standard InChI is InChI=1S/C23H25BrClN3O3/c1-13-4-3-5-19(14(13)2)26-21(29)23(31)18-12-15(24)6-11-20(18)27-22(30)28(23)17-9-7-16(25)8-10-17/h6-14,19,31H,3-5H2,1-2H3,(H,26,29)(H,27,30)/t13-,14+,19-,23+/m0/s1. The molecule has 4 rings (SSSR count). The number of nitrogens with zero attached hydrogens (tertiary/aromatic N) is 1. The highest BCUT2D eigenvalue weighted by Crippen LogP contribution is 2.42. The van der Waals surface area contributed by atoms with E-state index >= 15 is 0 Å². The highest BCUT2D eigenvalue weighted by atomic mass is 79.9. The number of hydrogen-bond donors (Lipinski definition) is 3. The van der Waals surface area contributed by atoms with Crippen molar-refractivity contribution in [3.8, 4) is 0 Å². The Labute approximate surface area is 195 Å². The molecule has 0 unspecified atom stereocenters. The number of carbonyl (C=O) groups is 2. The lowest BCUT2D eigenvalue weighted by Crippen LogP contribution is -2.64. The van der Waals surface area contributed by atoms with Crippen LogP contribution in [0.25, 0.3) is 0 Å². The summed E-state index contributed by atoms with van der Waals surface area (Å²) in [5.41, 5.74) is -1.18. The molecule has 1 fully saturated rings. The van der Waals surface area contributed by atoms with Crippen LogP contribution in [0.4, 0.5) is 16.2 Å². The lowest BCUT2D eigenvalue weighted by molar-refractivity contribution is -0.141. The molecule has 1 aliphatic heterocycles. The van der Waals surface area contributed by atoms with Crippen molar-refractivity contribution in [3.63, 3.8) is 0 Å². The Bertz CT molecular complexity index is 1020. The summed E-state index contributed by atoms with van der Waals surface area (Å²) in [7, 11) is 0. The van der Waals surface area contributed by atoms with E-state index < -0.39 is 17.7 Å². The second kappa shape index (κ2) is 8.45. The Morgan fingerprint density at radius 3 is 2.65 bits per heavy atom. The first kappa shape index (κ1) is 22.1. The van der Waals surface area contributed by atoms with E-state index in [2.05, 4.69) is 40.4 Å². The normalized spacial score (nSPS) is 28.0. The number of amides is 3. The van der Waals surface area contributed by atoms with Gasteiger partial charge in [-0.1, -0.05) is 54.2 Å². The van der Waals surface area contributed by atoms with E-state index in [1.807, 2.05) is 0 Å². The summed E-state index contributed by atoms with van der Waals surface area (Å²) < 4.78 is 0.685. The zero-order chi connectivity index (χ0) is 22.3. The topological polar surface area (TPSA) is 81.7 Å². The molecule has 0 bridgehead atoms. The van der Waals surface area contributed by atoms with Crippen LogP contribution in [0.1, 0.15) is 38.7 Å². The van der Waals surface area contributed by atoms with Crippen molar-refractivity contribution < 1.29 is 14.7 Å². The van der Waals surface area contributed by atoms with Gasteiger partial charge >= 0.3 is 6.03 Å². The van der Waals surface area contributed by atoms with E-state index in [1.54, 1.807) is 42.5 Å². The zero-order valence-electron chi connectivity index (χ0n) is 17.4. The quantitative estimate of drug-likeness (QED) is 0.532. The third-order valence-corrected chi connectivity index (χ3v) is 7.30. The molecule has 0 spiro atoms. The molecular formula is C23H25BrClN3O3. The summed E-state index contributed by atoms with van der Waals surface area (Å²) in [6.45, 7) is 4.30. The molecule has 0 aromatic heterocycles. The summed E-state index contributed by atoms with van der Waals surface area (Å²) in [5.74, 6) is 0.115. The fourth-order valence-corrected chi connectivity index (χ4v) is 5.01. The third-order valence-electron chi connectivity index (χ3n) is 6.55. The second-order valence-corrected chi connectivity index (χ2v) is 9.80. The van der Waals surface area contributed by atoms with Crippen LogP contribution in [0.2, 0.25) is 5.02 Å². The zero-order valence-corrected chi connectivity index (χ0v) is 19.7. The molecular weight excluding hydrogens is 482 g/mol. The summed E-state index contributed by atoms with van der Waals surface area (Å²) in [4.78, 5) is 27.9. The Balaban J connectivity index is 1.80. The molecule has 6 nitrogen and oxygen atoms in total. The van der Waals surface area contributed by atoms with Crippen molar-refractivity contribution in [2.75, 3.05) is 10.2 Å². The van der Waals surface area contributed by atoms with Gasteiger partial charge in [0.05, 0.1) is 5.69 Å². The second-order valence-electron chi connectivity index (χ2n) is 8.45. The first-order valence-electron chi connectivity index (χ1n) is 10.4.